The molecule has 0 saturated carbocycles. The van der Waals surface area contributed by atoms with E-state index < -0.39 is 18.0 Å². The maximum Gasteiger partial charge on any atom is 0.344 e. The van der Waals surface area contributed by atoms with E-state index in [1.54, 1.807) is 0 Å². The topological polar surface area (TPSA) is 110 Å². The van der Waals surface area contributed by atoms with E-state index in [0.29, 0.717) is 18.2 Å². The van der Waals surface area contributed by atoms with E-state index in [-0.39, 0.29) is 12.2 Å². The summed E-state index contributed by atoms with van der Waals surface area (Å²) in [5, 5.41) is 9.50. The van der Waals surface area contributed by atoms with Crippen LogP contribution in [0.1, 0.15) is 38.3 Å². The molecule has 3 rings (SSSR count). The number of hydrogen-bond acceptors (Lipinski definition) is 5. The van der Waals surface area contributed by atoms with E-state index >= 15 is 0 Å². The molecular weight excluding hydrogens is 396 g/mol. The van der Waals surface area contributed by atoms with Crippen molar-refractivity contribution in [3.05, 3.63) is 59.7 Å². The molecule has 2 aromatic carbocycles. The fourth-order valence-electron chi connectivity index (χ4n) is 3.58. The van der Waals surface area contributed by atoms with Crippen LogP contribution in [0.15, 0.2) is 48.5 Å². The standard InChI is InChI=1S/C22H27NO3.C2H3NO2/c1-15(2)12-21(22(24)25)26-20-11-7-10-19-18(20)13-16(3)23(19)14-17-8-5-4-6-9-17;3-2(5)1-4/h4-11,15-16,21H,12-14H2,1-3H3,(H,24,25);1H,(H2,3,5). The van der Waals surface area contributed by atoms with Crippen molar-refractivity contribution in [3.63, 3.8) is 0 Å². The second-order valence-corrected chi connectivity index (χ2v) is 8.01. The number of nitrogens with zero attached hydrogens (tertiary/aromatic N) is 1. The molecule has 1 aliphatic heterocycles. The molecule has 2 unspecified atom stereocenters. The second kappa shape index (κ2) is 11.2. The van der Waals surface area contributed by atoms with Gasteiger partial charge in [0.2, 0.25) is 6.29 Å². The summed E-state index contributed by atoms with van der Waals surface area (Å²) in [7, 11) is 0. The van der Waals surface area contributed by atoms with Gasteiger partial charge in [-0.15, -0.1) is 0 Å². The predicted octanol–water partition coefficient (Wildman–Crippen LogP) is 3.19. The molecular formula is C24H30N2O5. The molecule has 0 saturated heterocycles. The van der Waals surface area contributed by atoms with Crippen molar-refractivity contribution in [1.29, 1.82) is 0 Å². The molecule has 1 heterocycles. The van der Waals surface area contributed by atoms with Crippen LogP contribution in [0.25, 0.3) is 0 Å². The number of benzene rings is 2. The minimum Gasteiger partial charge on any atom is -0.479 e. The third-order valence-electron chi connectivity index (χ3n) is 4.99. The highest BCUT2D eigenvalue weighted by molar-refractivity contribution is 6.22. The van der Waals surface area contributed by atoms with E-state index in [4.69, 9.17) is 9.53 Å². The third-order valence-corrected chi connectivity index (χ3v) is 4.99. The fraction of sp³-hybridized carbons (Fsp3) is 0.375. The van der Waals surface area contributed by atoms with Gasteiger partial charge in [-0.25, -0.2) is 4.79 Å². The number of carbonyl (C=O) groups is 3. The Labute approximate surface area is 182 Å². The zero-order chi connectivity index (χ0) is 23.0. The van der Waals surface area contributed by atoms with Crippen molar-refractivity contribution in [2.45, 2.75) is 52.3 Å². The van der Waals surface area contributed by atoms with Gasteiger partial charge in [0.1, 0.15) is 5.75 Å². The second-order valence-electron chi connectivity index (χ2n) is 8.01. The van der Waals surface area contributed by atoms with Gasteiger partial charge in [-0.1, -0.05) is 50.2 Å². The molecule has 2 atom stereocenters. The summed E-state index contributed by atoms with van der Waals surface area (Å²) in [5.74, 6) is -0.854. The summed E-state index contributed by atoms with van der Waals surface area (Å²) in [5.41, 5.74) is 7.81. The van der Waals surface area contributed by atoms with Crippen LogP contribution in [0, 0.1) is 5.92 Å². The van der Waals surface area contributed by atoms with Crippen LogP contribution >= 0.6 is 0 Å². The average Bonchev–Trinajstić information content (AvgIpc) is 3.04. The number of anilines is 1. The first kappa shape index (κ1) is 23.9. The lowest BCUT2D eigenvalue weighted by atomic mass is 10.1. The highest BCUT2D eigenvalue weighted by Crippen LogP contribution is 2.39. The Morgan fingerprint density at radius 2 is 1.84 bits per heavy atom. The first-order valence-electron chi connectivity index (χ1n) is 10.3. The first-order chi connectivity index (χ1) is 14.7. The van der Waals surface area contributed by atoms with Gasteiger partial charge in [-0.05, 0) is 43.4 Å². The molecule has 7 nitrogen and oxygen atoms in total. The molecule has 0 fully saturated rings. The van der Waals surface area contributed by atoms with Crippen LogP contribution in [-0.2, 0) is 27.3 Å². The zero-order valence-corrected chi connectivity index (χ0v) is 18.2. The van der Waals surface area contributed by atoms with Crippen LogP contribution in [0.4, 0.5) is 5.69 Å². The number of carbonyl (C=O) groups excluding carboxylic acids is 2. The van der Waals surface area contributed by atoms with Gasteiger partial charge < -0.3 is 20.5 Å². The molecule has 0 spiro atoms. The molecule has 0 radical (unpaired) electrons. The largest absolute Gasteiger partial charge is 0.479 e. The van der Waals surface area contributed by atoms with E-state index in [0.717, 1.165) is 24.2 Å². The number of aldehydes is 1. The summed E-state index contributed by atoms with van der Waals surface area (Å²) in [6.07, 6.45) is 0.620. The zero-order valence-electron chi connectivity index (χ0n) is 18.2. The number of aliphatic carboxylic acids is 1. The number of carboxylic acids is 1. The van der Waals surface area contributed by atoms with Gasteiger partial charge in [0.05, 0.1) is 0 Å². The quantitative estimate of drug-likeness (QED) is 0.496. The number of carboxylic acid groups (broad SMARTS) is 1. The normalized spacial score (nSPS) is 15.5. The Hall–Kier alpha value is -3.35. The SMILES string of the molecule is CC(C)CC(Oc1cccc2c1CC(C)N2Cc1ccccc1)C(=O)O.NC(=O)C=O. The molecule has 2 aromatic rings. The van der Waals surface area contributed by atoms with Gasteiger partial charge >= 0.3 is 5.97 Å². The molecule has 1 amide bonds. The Morgan fingerprint density at radius 3 is 2.39 bits per heavy atom. The molecule has 0 aromatic heterocycles. The Bertz CT molecular complexity index is 898. The van der Waals surface area contributed by atoms with Crippen LogP contribution in [-0.4, -0.2) is 35.4 Å². The summed E-state index contributed by atoms with van der Waals surface area (Å²) in [6, 6.07) is 16.7. The summed E-state index contributed by atoms with van der Waals surface area (Å²) in [4.78, 5) is 32.2. The number of amides is 1. The van der Waals surface area contributed by atoms with E-state index in [9.17, 15) is 14.7 Å². The Kier molecular flexibility index (Phi) is 8.61. The van der Waals surface area contributed by atoms with Crippen LogP contribution < -0.4 is 15.4 Å². The monoisotopic (exact) mass is 426 g/mol. The molecule has 166 valence electrons. The van der Waals surface area contributed by atoms with Crippen molar-refractivity contribution in [1.82, 2.24) is 0 Å². The molecule has 1 aliphatic rings. The summed E-state index contributed by atoms with van der Waals surface area (Å²) < 4.78 is 5.95. The number of hydrogen-bond donors (Lipinski definition) is 2. The van der Waals surface area contributed by atoms with Gasteiger partial charge in [-0.3, -0.25) is 9.59 Å². The van der Waals surface area contributed by atoms with Gasteiger partial charge in [0.25, 0.3) is 5.91 Å². The van der Waals surface area contributed by atoms with Crippen LogP contribution in [0.3, 0.4) is 0 Å². The van der Waals surface area contributed by atoms with Crippen LogP contribution in [0.5, 0.6) is 5.75 Å². The van der Waals surface area contributed by atoms with Crippen molar-refractivity contribution >= 4 is 23.9 Å². The lowest BCUT2D eigenvalue weighted by Gasteiger charge is -2.25. The number of fused-ring (bicyclic) bond motifs is 1. The van der Waals surface area contributed by atoms with E-state index in [1.165, 1.54) is 5.56 Å². The Balaban J connectivity index is 0.000000614. The van der Waals surface area contributed by atoms with Gasteiger partial charge in [-0.2, -0.15) is 0 Å². The highest BCUT2D eigenvalue weighted by atomic mass is 16.5. The van der Waals surface area contributed by atoms with Crippen molar-refractivity contribution in [2.24, 2.45) is 11.7 Å². The number of rotatable bonds is 8. The average molecular weight is 427 g/mol. The first-order valence-corrected chi connectivity index (χ1v) is 10.3. The molecule has 3 N–H and O–H groups in total. The van der Waals surface area contributed by atoms with E-state index in [1.807, 2.05) is 32.0 Å². The van der Waals surface area contributed by atoms with Gasteiger partial charge in [0.15, 0.2) is 6.10 Å². The lowest BCUT2D eigenvalue weighted by molar-refractivity contribution is -0.145. The maximum atomic E-state index is 11.6. The minimum atomic E-state index is -0.926. The van der Waals surface area contributed by atoms with Crippen molar-refractivity contribution < 1.29 is 24.2 Å². The summed E-state index contributed by atoms with van der Waals surface area (Å²) in [6.45, 7) is 7.07. The van der Waals surface area contributed by atoms with E-state index in [2.05, 4.69) is 47.9 Å². The number of ether oxygens (including phenoxy) is 1. The molecule has 0 aliphatic carbocycles. The maximum absolute atomic E-state index is 11.6. The molecule has 7 heteroatoms. The fourth-order valence-corrected chi connectivity index (χ4v) is 3.58. The molecule has 31 heavy (non-hydrogen) atoms. The Morgan fingerprint density at radius 1 is 1.19 bits per heavy atom. The summed E-state index contributed by atoms with van der Waals surface area (Å²) >= 11 is 0. The smallest absolute Gasteiger partial charge is 0.344 e. The predicted molar refractivity (Wildman–Crippen MR) is 119 cm³/mol. The number of primary amides is 1. The van der Waals surface area contributed by atoms with Gasteiger partial charge in [0, 0.05) is 23.8 Å². The lowest BCUT2D eigenvalue weighted by Crippen LogP contribution is -2.28. The highest BCUT2D eigenvalue weighted by Gasteiger charge is 2.30. The molecule has 0 bridgehead atoms. The van der Waals surface area contributed by atoms with Crippen molar-refractivity contribution in [2.75, 3.05) is 4.90 Å². The van der Waals surface area contributed by atoms with Crippen molar-refractivity contribution in [3.8, 4) is 5.75 Å². The number of nitrogens with two attached hydrogens (primary N) is 1. The van der Waals surface area contributed by atoms with Crippen LogP contribution in [0.2, 0.25) is 0 Å². The third kappa shape index (κ3) is 6.84. The minimum absolute atomic E-state index is 0.0556.